The smallest absolute Gasteiger partial charge is 0.240 e. The predicted octanol–water partition coefficient (Wildman–Crippen LogP) is 2.94. The van der Waals surface area contributed by atoms with Crippen LogP contribution in [0.5, 0.6) is 5.75 Å². The van der Waals surface area contributed by atoms with Gasteiger partial charge in [-0.1, -0.05) is 12.1 Å². The van der Waals surface area contributed by atoms with E-state index in [0.717, 1.165) is 16.5 Å². The van der Waals surface area contributed by atoms with Crippen LogP contribution >= 0.6 is 0 Å². The fourth-order valence-electron chi connectivity index (χ4n) is 2.18. The molecule has 6 heteroatoms. The molecule has 0 bridgehead atoms. The Hall–Kier alpha value is -1.63. The Morgan fingerprint density at radius 2 is 1.78 bits per heavy atom. The Morgan fingerprint density at radius 1 is 1.09 bits per heavy atom. The van der Waals surface area contributed by atoms with E-state index in [9.17, 15) is 8.42 Å². The van der Waals surface area contributed by atoms with Crippen molar-refractivity contribution in [3.8, 4) is 5.75 Å². The Labute approximate surface area is 137 Å². The molecular weight excluding hydrogens is 314 g/mol. The molecule has 0 saturated carbocycles. The Kier molecular flexibility index (Phi) is 5.98. The van der Waals surface area contributed by atoms with Crippen molar-refractivity contribution in [3.05, 3.63) is 36.4 Å². The van der Waals surface area contributed by atoms with Gasteiger partial charge in [0, 0.05) is 13.2 Å². The van der Waals surface area contributed by atoms with Crippen LogP contribution in [0.3, 0.4) is 0 Å². The Bertz CT molecular complexity index is 756. The number of rotatable bonds is 8. The second kappa shape index (κ2) is 7.77. The van der Waals surface area contributed by atoms with Crippen molar-refractivity contribution in [1.82, 2.24) is 4.72 Å². The van der Waals surface area contributed by atoms with Crippen LogP contribution in [0.15, 0.2) is 41.3 Å². The standard InChI is InChI=1S/C17H23NO4S/c1-13(2)22-10-4-9-18-23(19,20)17-8-6-14-11-16(21-3)7-5-15(14)12-17/h5-8,11-13,18H,4,9-10H2,1-3H3. The molecule has 2 aromatic carbocycles. The number of nitrogens with one attached hydrogen (secondary N) is 1. The van der Waals surface area contributed by atoms with E-state index in [2.05, 4.69) is 4.72 Å². The van der Waals surface area contributed by atoms with E-state index in [-0.39, 0.29) is 11.0 Å². The van der Waals surface area contributed by atoms with Crippen LogP contribution in [0.1, 0.15) is 20.3 Å². The van der Waals surface area contributed by atoms with E-state index in [1.807, 2.05) is 32.0 Å². The number of hydrogen-bond acceptors (Lipinski definition) is 4. The van der Waals surface area contributed by atoms with Gasteiger partial charge in [0.2, 0.25) is 10.0 Å². The summed E-state index contributed by atoms with van der Waals surface area (Å²) in [6.07, 6.45) is 0.798. The molecule has 0 atom stereocenters. The molecule has 0 radical (unpaired) electrons. The van der Waals surface area contributed by atoms with Gasteiger partial charge in [-0.05, 0) is 55.3 Å². The third kappa shape index (κ3) is 4.92. The van der Waals surface area contributed by atoms with Crippen molar-refractivity contribution in [3.63, 3.8) is 0 Å². The van der Waals surface area contributed by atoms with Crippen LogP contribution in [0, 0.1) is 0 Å². The van der Waals surface area contributed by atoms with Gasteiger partial charge < -0.3 is 9.47 Å². The fourth-order valence-corrected chi connectivity index (χ4v) is 3.29. The van der Waals surface area contributed by atoms with E-state index < -0.39 is 10.0 Å². The topological polar surface area (TPSA) is 64.6 Å². The summed E-state index contributed by atoms with van der Waals surface area (Å²) in [4.78, 5) is 0.264. The van der Waals surface area contributed by atoms with E-state index in [1.54, 1.807) is 25.3 Å². The van der Waals surface area contributed by atoms with Crippen molar-refractivity contribution >= 4 is 20.8 Å². The molecule has 0 aliphatic carbocycles. The lowest BCUT2D eigenvalue weighted by Gasteiger charge is -2.10. The summed E-state index contributed by atoms with van der Waals surface area (Å²) in [5.41, 5.74) is 0. The second-order valence-electron chi connectivity index (χ2n) is 5.55. The third-order valence-electron chi connectivity index (χ3n) is 3.39. The van der Waals surface area contributed by atoms with E-state index in [1.165, 1.54) is 0 Å². The first kappa shape index (κ1) is 17.7. The van der Waals surface area contributed by atoms with Gasteiger partial charge in [0.1, 0.15) is 5.75 Å². The summed E-state index contributed by atoms with van der Waals surface area (Å²) in [5, 5.41) is 1.80. The number of fused-ring (bicyclic) bond motifs is 1. The zero-order valence-corrected chi connectivity index (χ0v) is 14.5. The molecular formula is C17H23NO4S. The lowest BCUT2D eigenvalue weighted by Crippen LogP contribution is -2.25. The Morgan fingerprint density at radius 3 is 2.48 bits per heavy atom. The minimum Gasteiger partial charge on any atom is -0.497 e. The number of methoxy groups -OCH3 is 1. The van der Waals surface area contributed by atoms with Gasteiger partial charge >= 0.3 is 0 Å². The highest BCUT2D eigenvalue weighted by molar-refractivity contribution is 7.89. The zero-order chi connectivity index (χ0) is 16.9. The maximum atomic E-state index is 12.3. The normalized spacial score (nSPS) is 12.0. The number of hydrogen-bond donors (Lipinski definition) is 1. The second-order valence-corrected chi connectivity index (χ2v) is 7.31. The maximum absolute atomic E-state index is 12.3. The minimum absolute atomic E-state index is 0.157. The van der Waals surface area contributed by atoms with Crippen LogP contribution in [0.25, 0.3) is 10.8 Å². The van der Waals surface area contributed by atoms with Gasteiger partial charge in [0.15, 0.2) is 0 Å². The molecule has 5 nitrogen and oxygen atoms in total. The molecule has 0 aromatic heterocycles. The lowest BCUT2D eigenvalue weighted by molar-refractivity contribution is 0.0778. The van der Waals surface area contributed by atoms with Gasteiger partial charge in [-0.3, -0.25) is 0 Å². The van der Waals surface area contributed by atoms with Crippen LogP contribution in [0.2, 0.25) is 0 Å². The molecule has 2 aromatic rings. The molecule has 0 aliphatic heterocycles. The maximum Gasteiger partial charge on any atom is 0.240 e. The van der Waals surface area contributed by atoms with E-state index in [4.69, 9.17) is 9.47 Å². The molecule has 0 spiro atoms. The highest BCUT2D eigenvalue weighted by Gasteiger charge is 2.14. The van der Waals surface area contributed by atoms with Gasteiger partial charge in [-0.2, -0.15) is 0 Å². The molecule has 1 N–H and O–H groups in total. The molecule has 126 valence electrons. The van der Waals surface area contributed by atoms with Crippen molar-refractivity contribution in [2.75, 3.05) is 20.3 Å². The van der Waals surface area contributed by atoms with Gasteiger partial charge in [-0.15, -0.1) is 0 Å². The van der Waals surface area contributed by atoms with Crippen molar-refractivity contribution in [1.29, 1.82) is 0 Å². The van der Waals surface area contributed by atoms with Crippen LogP contribution in [0.4, 0.5) is 0 Å². The summed E-state index contributed by atoms with van der Waals surface area (Å²) in [7, 11) is -1.90. The molecule has 0 fully saturated rings. The summed E-state index contributed by atoms with van der Waals surface area (Å²) >= 11 is 0. The van der Waals surface area contributed by atoms with E-state index in [0.29, 0.717) is 19.6 Å². The summed E-state index contributed by atoms with van der Waals surface area (Å²) in [6, 6.07) is 10.6. The highest BCUT2D eigenvalue weighted by Crippen LogP contribution is 2.23. The van der Waals surface area contributed by atoms with Crippen LogP contribution in [-0.2, 0) is 14.8 Å². The average Bonchev–Trinajstić information content (AvgIpc) is 2.53. The molecule has 0 saturated heterocycles. The third-order valence-corrected chi connectivity index (χ3v) is 4.85. The minimum atomic E-state index is -3.50. The number of ether oxygens (including phenoxy) is 2. The number of sulfonamides is 1. The molecule has 0 unspecified atom stereocenters. The van der Waals surface area contributed by atoms with E-state index >= 15 is 0 Å². The zero-order valence-electron chi connectivity index (χ0n) is 13.7. The lowest BCUT2D eigenvalue weighted by atomic mass is 10.1. The summed E-state index contributed by atoms with van der Waals surface area (Å²) < 4.78 is 37.8. The molecule has 0 aliphatic rings. The van der Waals surface area contributed by atoms with Crippen LogP contribution in [-0.4, -0.2) is 34.8 Å². The average molecular weight is 337 g/mol. The monoisotopic (exact) mass is 337 g/mol. The molecule has 2 rings (SSSR count). The fraction of sp³-hybridized carbons (Fsp3) is 0.412. The first-order valence-corrected chi connectivity index (χ1v) is 9.10. The SMILES string of the molecule is COc1ccc2cc(S(=O)(=O)NCCCOC(C)C)ccc2c1. The quantitative estimate of drug-likeness (QED) is 0.752. The van der Waals surface area contributed by atoms with Crippen molar-refractivity contribution < 1.29 is 17.9 Å². The van der Waals surface area contributed by atoms with Gasteiger partial charge in [-0.25, -0.2) is 13.1 Å². The van der Waals surface area contributed by atoms with Gasteiger partial charge in [0.05, 0.1) is 18.1 Å². The summed E-state index contributed by atoms with van der Waals surface area (Å²) in [6.45, 7) is 4.80. The first-order chi connectivity index (χ1) is 10.9. The largest absolute Gasteiger partial charge is 0.497 e. The molecule has 0 amide bonds. The molecule has 23 heavy (non-hydrogen) atoms. The predicted molar refractivity (Wildman–Crippen MR) is 91.4 cm³/mol. The first-order valence-electron chi connectivity index (χ1n) is 7.61. The molecule has 0 heterocycles. The number of benzene rings is 2. The highest BCUT2D eigenvalue weighted by atomic mass is 32.2. The Balaban J connectivity index is 2.06. The van der Waals surface area contributed by atoms with Crippen LogP contribution < -0.4 is 9.46 Å². The summed E-state index contributed by atoms with van der Waals surface area (Å²) in [5.74, 6) is 0.747. The van der Waals surface area contributed by atoms with Crippen molar-refractivity contribution in [2.24, 2.45) is 0 Å². The van der Waals surface area contributed by atoms with Crippen molar-refractivity contribution in [2.45, 2.75) is 31.3 Å². The van der Waals surface area contributed by atoms with Gasteiger partial charge in [0.25, 0.3) is 0 Å².